The van der Waals surface area contributed by atoms with Gasteiger partial charge >= 0.3 is 0 Å². The van der Waals surface area contributed by atoms with Gasteiger partial charge < -0.3 is 4.98 Å². The van der Waals surface area contributed by atoms with Crippen molar-refractivity contribution in [3.63, 3.8) is 0 Å². The number of nitrogens with one attached hydrogen (secondary N) is 1. The van der Waals surface area contributed by atoms with Crippen LogP contribution in [0.2, 0.25) is 0 Å². The summed E-state index contributed by atoms with van der Waals surface area (Å²) >= 11 is 0. The minimum absolute atomic E-state index is 0.266. The number of H-pyrrole nitrogens is 1. The summed E-state index contributed by atoms with van der Waals surface area (Å²) in [6, 6.07) is 12.0. The largest absolute Gasteiger partial charge is 0.338 e. The first-order valence-electron chi connectivity index (χ1n) is 8.31. The molecular weight excluding hydrogens is 326 g/mol. The van der Waals surface area contributed by atoms with Gasteiger partial charge in [-0.2, -0.15) is 4.99 Å². The third-order valence-corrected chi connectivity index (χ3v) is 4.45. The molecular formula is C19H16N7+. The fraction of sp³-hybridized carbons (Fsp3) is 0.105. The number of quaternary nitrogens is 1. The Hall–Kier alpha value is -3.45. The van der Waals surface area contributed by atoms with Crippen LogP contribution in [-0.2, 0) is 0 Å². The molecule has 7 nitrogen and oxygen atoms in total. The zero-order chi connectivity index (χ0) is 17.7. The summed E-state index contributed by atoms with van der Waals surface area (Å²) < 4.78 is 0.266. The molecule has 7 heteroatoms. The second-order valence-electron chi connectivity index (χ2n) is 6.49. The highest BCUT2D eigenvalue weighted by molar-refractivity contribution is 6.31. The second-order valence-corrected chi connectivity index (χ2v) is 6.49. The third kappa shape index (κ3) is 2.29. The van der Waals surface area contributed by atoms with Crippen molar-refractivity contribution >= 4 is 28.9 Å². The molecule has 1 N–H and O–H groups in total. The van der Waals surface area contributed by atoms with Gasteiger partial charge in [-0.15, -0.1) is 4.59 Å². The minimum atomic E-state index is 0.266. The fourth-order valence-corrected chi connectivity index (χ4v) is 3.15. The molecule has 0 amide bonds. The van der Waals surface area contributed by atoms with E-state index in [-0.39, 0.29) is 4.59 Å². The van der Waals surface area contributed by atoms with Crippen LogP contribution < -0.4 is 0 Å². The number of nitrogens with zero attached hydrogens (tertiary/aromatic N) is 6. The van der Waals surface area contributed by atoms with E-state index in [9.17, 15) is 0 Å². The predicted molar refractivity (Wildman–Crippen MR) is 102 cm³/mol. The van der Waals surface area contributed by atoms with E-state index in [1.165, 1.54) is 0 Å². The van der Waals surface area contributed by atoms with E-state index in [0.29, 0.717) is 11.5 Å². The average Bonchev–Trinajstić information content (AvgIpc) is 3.21. The number of benzene rings is 1. The standard InChI is InChI=1S/C19H16N7/c1-12-11-26(2)17(10-20-12)24-19(25-26)15-8-14-16(9-21-15)23-18(22-14)13-6-4-3-5-7-13/h3-11H,1-2H3,(H,22,23)/q+1. The number of hydrogen-bond acceptors (Lipinski definition) is 5. The number of imidazole rings is 1. The van der Waals surface area contributed by atoms with E-state index in [1.54, 1.807) is 12.4 Å². The number of rotatable bonds is 2. The topological polar surface area (TPSA) is 78.6 Å². The van der Waals surface area contributed by atoms with Crippen molar-refractivity contribution in [2.45, 2.75) is 6.92 Å². The first-order valence-corrected chi connectivity index (χ1v) is 8.31. The zero-order valence-corrected chi connectivity index (χ0v) is 14.4. The van der Waals surface area contributed by atoms with Gasteiger partial charge in [-0.25, -0.2) is 9.98 Å². The summed E-state index contributed by atoms with van der Waals surface area (Å²) in [5.74, 6) is 2.20. The first kappa shape index (κ1) is 14.9. The summed E-state index contributed by atoms with van der Waals surface area (Å²) in [5.41, 5.74) is 4.39. The molecule has 1 atom stereocenters. The molecule has 2 aliphatic heterocycles. The van der Waals surface area contributed by atoms with Crippen LogP contribution in [0.5, 0.6) is 0 Å². The quantitative estimate of drug-likeness (QED) is 0.726. The molecule has 0 aliphatic carbocycles. The monoisotopic (exact) mass is 342 g/mol. The predicted octanol–water partition coefficient (Wildman–Crippen LogP) is 3.09. The van der Waals surface area contributed by atoms with Crippen molar-refractivity contribution in [2.75, 3.05) is 7.05 Å². The summed E-state index contributed by atoms with van der Waals surface area (Å²) in [4.78, 5) is 21.4. The molecule has 3 aromatic rings. The molecule has 1 unspecified atom stereocenters. The highest BCUT2D eigenvalue weighted by Crippen LogP contribution is 2.24. The lowest BCUT2D eigenvalue weighted by Crippen LogP contribution is -2.39. The SMILES string of the molecule is CC1=C[N+]2(C)N=C(c3cc4[nH]c(-c5ccccc5)nc4cn3)N=C2C=N1. The number of aromatic amines is 1. The molecule has 1 aromatic carbocycles. The van der Waals surface area contributed by atoms with Crippen LogP contribution >= 0.6 is 0 Å². The molecule has 0 saturated heterocycles. The van der Waals surface area contributed by atoms with E-state index >= 15 is 0 Å². The molecule has 0 spiro atoms. The Bertz CT molecular complexity index is 1150. The maximum Gasteiger partial charge on any atom is 0.279 e. The van der Waals surface area contributed by atoms with Gasteiger partial charge in [0.15, 0.2) is 6.20 Å². The number of fused-ring (bicyclic) bond motifs is 2. The Balaban J connectivity index is 1.57. The smallest absolute Gasteiger partial charge is 0.279 e. The molecule has 2 aliphatic rings. The van der Waals surface area contributed by atoms with E-state index in [4.69, 9.17) is 5.10 Å². The van der Waals surface area contributed by atoms with Crippen molar-refractivity contribution in [3.8, 4) is 11.4 Å². The Morgan fingerprint density at radius 3 is 2.81 bits per heavy atom. The minimum Gasteiger partial charge on any atom is -0.338 e. The van der Waals surface area contributed by atoms with Gasteiger partial charge in [0.1, 0.15) is 30.3 Å². The van der Waals surface area contributed by atoms with Gasteiger partial charge in [0.2, 0.25) is 5.84 Å². The van der Waals surface area contributed by atoms with Crippen LogP contribution in [0, 0.1) is 0 Å². The lowest BCUT2D eigenvalue weighted by atomic mass is 10.2. The van der Waals surface area contributed by atoms with E-state index in [1.807, 2.05) is 56.6 Å². The third-order valence-electron chi connectivity index (χ3n) is 4.45. The van der Waals surface area contributed by atoms with Crippen molar-refractivity contribution in [2.24, 2.45) is 15.1 Å². The Morgan fingerprint density at radius 2 is 1.96 bits per heavy atom. The van der Waals surface area contributed by atoms with Gasteiger partial charge in [0, 0.05) is 5.56 Å². The van der Waals surface area contributed by atoms with Gasteiger partial charge in [-0.05, 0) is 18.1 Å². The lowest BCUT2D eigenvalue weighted by molar-refractivity contribution is -0.768. The maximum absolute atomic E-state index is 4.72. The van der Waals surface area contributed by atoms with Crippen LogP contribution in [0.1, 0.15) is 12.6 Å². The van der Waals surface area contributed by atoms with Crippen molar-refractivity contribution in [1.82, 2.24) is 15.0 Å². The van der Waals surface area contributed by atoms with E-state index in [2.05, 4.69) is 24.9 Å². The molecule has 26 heavy (non-hydrogen) atoms. The van der Waals surface area contributed by atoms with Crippen LogP contribution in [0.4, 0.5) is 0 Å². The number of pyridine rings is 1. The Kier molecular flexibility index (Phi) is 3.01. The molecule has 0 saturated carbocycles. The lowest BCUT2D eigenvalue weighted by Gasteiger charge is -2.19. The molecule has 126 valence electrons. The first-order chi connectivity index (χ1) is 12.6. The number of aliphatic imine (C=N–C) groups is 2. The van der Waals surface area contributed by atoms with Crippen molar-refractivity contribution < 1.29 is 4.59 Å². The van der Waals surface area contributed by atoms with Crippen molar-refractivity contribution in [3.05, 3.63) is 60.2 Å². The zero-order valence-electron chi connectivity index (χ0n) is 14.4. The van der Waals surface area contributed by atoms with Gasteiger partial charge in [0.25, 0.3) is 5.84 Å². The van der Waals surface area contributed by atoms with Crippen LogP contribution in [-0.4, -0.2) is 44.5 Å². The number of amidine groups is 2. The maximum atomic E-state index is 4.72. The highest BCUT2D eigenvalue weighted by Gasteiger charge is 2.37. The normalized spacial score (nSPS) is 21.4. The molecule has 0 radical (unpaired) electrons. The molecule has 2 aromatic heterocycles. The second kappa shape index (κ2) is 5.27. The van der Waals surface area contributed by atoms with Gasteiger partial charge in [0.05, 0.1) is 17.4 Å². The van der Waals surface area contributed by atoms with Crippen LogP contribution in [0.15, 0.2) is 69.6 Å². The summed E-state index contributed by atoms with van der Waals surface area (Å²) in [6.07, 6.45) is 5.48. The summed E-state index contributed by atoms with van der Waals surface area (Å²) in [5, 5.41) is 4.72. The number of allylic oxidation sites excluding steroid dienone is 1. The summed E-state index contributed by atoms with van der Waals surface area (Å²) in [7, 11) is 1.97. The van der Waals surface area contributed by atoms with Gasteiger partial charge in [-0.1, -0.05) is 30.3 Å². The Labute approximate surface area is 149 Å². The highest BCUT2D eigenvalue weighted by atomic mass is 15.7. The van der Waals surface area contributed by atoms with Crippen molar-refractivity contribution in [1.29, 1.82) is 0 Å². The molecule has 4 heterocycles. The van der Waals surface area contributed by atoms with Crippen LogP contribution in [0.3, 0.4) is 0 Å². The average molecular weight is 342 g/mol. The van der Waals surface area contributed by atoms with E-state index in [0.717, 1.165) is 34.0 Å². The Morgan fingerprint density at radius 1 is 1.12 bits per heavy atom. The molecule has 0 bridgehead atoms. The number of hydrogen-bond donors (Lipinski definition) is 1. The molecule has 0 fully saturated rings. The van der Waals surface area contributed by atoms with E-state index < -0.39 is 0 Å². The number of aromatic nitrogens is 3. The summed E-state index contributed by atoms with van der Waals surface area (Å²) in [6.45, 7) is 1.95. The van der Waals surface area contributed by atoms with Gasteiger partial charge in [-0.3, -0.25) is 4.98 Å². The fourth-order valence-electron chi connectivity index (χ4n) is 3.15. The van der Waals surface area contributed by atoms with Crippen LogP contribution in [0.25, 0.3) is 22.4 Å². The molecule has 5 rings (SSSR count).